The molecule has 17 heavy (non-hydrogen) atoms. The Kier molecular flexibility index (Phi) is 2.63. The van der Waals surface area contributed by atoms with Gasteiger partial charge in [0, 0.05) is 19.6 Å². The summed E-state index contributed by atoms with van der Waals surface area (Å²) in [6.07, 6.45) is 3.17. The molecule has 1 aliphatic heterocycles. The second-order valence-corrected chi connectivity index (χ2v) is 5.09. The molecule has 3 rings (SSSR count). The fraction of sp³-hybridized carbons (Fsp3) is 0.500. The quantitative estimate of drug-likeness (QED) is 0.831. The predicted octanol–water partition coefficient (Wildman–Crippen LogP) is 1.32. The van der Waals surface area contributed by atoms with Crippen molar-refractivity contribution in [3.8, 4) is 0 Å². The zero-order chi connectivity index (χ0) is 11.8. The van der Waals surface area contributed by atoms with Crippen LogP contribution in [-0.2, 0) is 17.8 Å². The fourth-order valence-corrected chi connectivity index (χ4v) is 2.52. The molecule has 2 aliphatic rings. The monoisotopic (exact) mass is 230 g/mol. The molecular weight excluding hydrogens is 212 g/mol. The van der Waals surface area contributed by atoms with Crippen LogP contribution in [0.1, 0.15) is 24.0 Å². The van der Waals surface area contributed by atoms with E-state index in [0.29, 0.717) is 6.04 Å². The molecule has 90 valence electrons. The van der Waals surface area contributed by atoms with Gasteiger partial charge in [0.05, 0.1) is 6.04 Å². The summed E-state index contributed by atoms with van der Waals surface area (Å²) in [4.78, 5) is 14.2. The molecule has 0 radical (unpaired) electrons. The maximum absolute atomic E-state index is 12.3. The molecule has 0 bridgehead atoms. The van der Waals surface area contributed by atoms with Gasteiger partial charge >= 0.3 is 0 Å². The Bertz CT molecular complexity index is 440. The third-order valence-electron chi connectivity index (χ3n) is 3.82. The molecule has 1 atom stereocenters. The molecule has 0 spiro atoms. The van der Waals surface area contributed by atoms with E-state index in [4.69, 9.17) is 0 Å². The lowest BCUT2D eigenvalue weighted by Crippen LogP contribution is -2.48. The highest BCUT2D eigenvalue weighted by atomic mass is 16.2. The number of likely N-dealkylation sites (N-methyl/N-ethyl adjacent to an activating group) is 1. The number of rotatable bonds is 2. The average molecular weight is 230 g/mol. The van der Waals surface area contributed by atoms with E-state index in [0.717, 1.165) is 13.0 Å². The van der Waals surface area contributed by atoms with Crippen molar-refractivity contribution < 1.29 is 4.79 Å². The zero-order valence-corrected chi connectivity index (χ0v) is 10.1. The highest BCUT2D eigenvalue weighted by Gasteiger charge is 2.34. The molecule has 0 aromatic heterocycles. The van der Waals surface area contributed by atoms with Gasteiger partial charge in [-0.25, -0.2) is 0 Å². The molecule has 3 nitrogen and oxygen atoms in total. The fourth-order valence-electron chi connectivity index (χ4n) is 2.52. The Morgan fingerprint density at radius 3 is 2.71 bits per heavy atom. The van der Waals surface area contributed by atoms with Crippen LogP contribution < -0.4 is 5.32 Å². The molecule has 1 fully saturated rings. The summed E-state index contributed by atoms with van der Waals surface area (Å²) in [6, 6.07) is 8.84. The summed E-state index contributed by atoms with van der Waals surface area (Å²) < 4.78 is 0. The molecule has 1 aromatic carbocycles. The molecule has 1 unspecified atom stereocenters. The van der Waals surface area contributed by atoms with Crippen LogP contribution in [0.4, 0.5) is 0 Å². The van der Waals surface area contributed by atoms with Crippen molar-refractivity contribution in [3.63, 3.8) is 0 Å². The number of carbonyl (C=O) groups excluding carboxylic acids is 1. The van der Waals surface area contributed by atoms with Gasteiger partial charge in [-0.1, -0.05) is 24.3 Å². The van der Waals surface area contributed by atoms with Gasteiger partial charge in [0.15, 0.2) is 0 Å². The molecule has 1 amide bonds. The number of carbonyl (C=O) groups is 1. The minimum Gasteiger partial charge on any atom is -0.341 e. The number of hydrogen-bond acceptors (Lipinski definition) is 2. The summed E-state index contributed by atoms with van der Waals surface area (Å²) in [6.45, 7) is 0.811. The molecular formula is C14H18N2O. The van der Waals surface area contributed by atoms with Gasteiger partial charge in [0.1, 0.15) is 0 Å². The van der Waals surface area contributed by atoms with Crippen molar-refractivity contribution in [3.05, 3.63) is 35.4 Å². The zero-order valence-electron chi connectivity index (χ0n) is 10.1. The maximum atomic E-state index is 12.3. The smallest absolute Gasteiger partial charge is 0.240 e. The van der Waals surface area contributed by atoms with Crippen molar-refractivity contribution in [2.45, 2.75) is 37.9 Å². The van der Waals surface area contributed by atoms with Gasteiger partial charge in [-0.3, -0.25) is 4.79 Å². The van der Waals surface area contributed by atoms with Gasteiger partial charge < -0.3 is 10.2 Å². The van der Waals surface area contributed by atoms with E-state index < -0.39 is 0 Å². The van der Waals surface area contributed by atoms with Crippen molar-refractivity contribution in [1.82, 2.24) is 10.2 Å². The normalized spacial score (nSPS) is 23.0. The van der Waals surface area contributed by atoms with E-state index in [9.17, 15) is 4.79 Å². The average Bonchev–Trinajstić information content (AvgIpc) is 3.21. The lowest BCUT2D eigenvalue weighted by atomic mass is 9.95. The van der Waals surface area contributed by atoms with Gasteiger partial charge in [-0.15, -0.1) is 0 Å². The van der Waals surface area contributed by atoms with E-state index in [-0.39, 0.29) is 11.9 Å². The van der Waals surface area contributed by atoms with E-state index in [2.05, 4.69) is 29.6 Å². The van der Waals surface area contributed by atoms with E-state index in [1.165, 1.54) is 24.0 Å². The minimum absolute atomic E-state index is 0.0319. The van der Waals surface area contributed by atoms with Crippen molar-refractivity contribution in [1.29, 1.82) is 0 Å². The first-order valence-corrected chi connectivity index (χ1v) is 6.32. The summed E-state index contributed by atoms with van der Waals surface area (Å²) in [7, 11) is 1.93. The predicted molar refractivity (Wildman–Crippen MR) is 66.6 cm³/mol. The molecule has 1 aromatic rings. The molecule has 1 heterocycles. The maximum Gasteiger partial charge on any atom is 0.240 e. The Balaban J connectivity index is 1.73. The van der Waals surface area contributed by atoms with Crippen LogP contribution in [0.2, 0.25) is 0 Å². The summed E-state index contributed by atoms with van der Waals surface area (Å²) in [5.74, 6) is 0.252. The Labute approximate surface area is 102 Å². The summed E-state index contributed by atoms with van der Waals surface area (Å²) >= 11 is 0. The van der Waals surface area contributed by atoms with Crippen LogP contribution in [0.25, 0.3) is 0 Å². The first-order valence-electron chi connectivity index (χ1n) is 6.32. The van der Waals surface area contributed by atoms with Crippen molar-refractivity contribution in [2.24, 2.45) is 0 Å². The van der Waals surface area contributed by atoms with Gasteiger partial charge in [0.25, 0.3) is 0 Å². The number of nitrogens with one attached hydrogen (secondary N) is 1. The van der Waals surface area contributed by atoms with Gasteiger partial charge in [-0.2, -0.15) is 0 Å². The SMILES string of the molecule is CN(C(=O)C1Cc2ccccc2CN1)C1CC1. The molecule has 3 heteroatoms. The minimum atomic E-state index is -0.0319. The Morgan fingerprint density at radius 2 is 2.00 bits per heavy atom. The van der Waals surface area contributed by atoms with Crippen LogP contribution in [-0.4, -0.2) is 29.9 Å². The summed E-state index contributed by atoms with van der Waals surface area (Å²) in [5, 5.41) is 3.35. The third-order valence-corrected chi connectivity index (χ3v) is 3.82. The van der Waals surface area contributed by atoms with Crippen LogP contribution >= 0.6 is 0 Å². The Morgan fingerprint density at radius 1 is 1.29 bits per heavy atom. The number of fused-ring (bicyclic) bond motifs is 1. The second kappa shape index (κ2) is 4.15. The number of nitrogens with zero attached hydrogens (tertiary/aromatic N) is 1. The van der Waals surface area contributed by atoms with Crippen molar-refractivity contribution >= 4 is 5.91 Å². The highest BCUT2D eigenvalue weighted by molar-refractivity contribution is 5.83. The van der Waals surface area contributed by atoms with E-state index >= 15 is 0 Å². The van der Waals surface area contributed by atoms with Crippen LogP contribution in [0.15, 0.2) is 24.3 Å². The second-order valence-electron chi connectivity index (χ2n) is 5.09. The topological polar surface area (TPSA) is 32.3 Å². The Hall–Kier alpha value is -1.35. The third kappa shape index (κ3) is 2.07. The highest BCUT2D eigenvalue weighted by Crippen LogP contribution is 2.27. The van der Waals surface area contributed by atoms with E-state index in [1.807, 2.05) is 11.9 Å². The first kappa shape index (κ1) is 10.8. The van der Waals surface area contributed by atoms with Crippen molar-refractivity contribution in [2.75, 3.05) is 7.05 Å². The lowest BCUT2D eigenvalue weighted by Gasteiger charge is -2.29. The lowest BCUT2D eigenvalue weighted by molar-refractivity contribution is -0.132. The summed E-state index contributed by atoms with van der Waals surface area (Å²) in [5.41, 5.74) is 2.64. The number of benzene rings is 1. The molecule has 1 N–H and O–H groups in total. The molecule has 1 aliphatic carbocycles. The number of hydrogen-bond donors (Lipinski definition) is 1. The van der Waals surface area contributed by atoms with Crippen LogP contribution in [0, 0.1) is 0 Å². The largest absolute Gasteiger partial charge is 0.341 e. The van der Waals surface area contributed by atoms with Crippen LogP contribution in [0.3, 0.4) is 0 Å². The van der Waals surface area contributed by atoms with E-state index in [1.54, 1.807) is 0 Å². The van der Waals surface area contributed by atoms with Gasteiger partial charge in [-0.05, 0) is 30.4 Å². The van der Waals surface area contributed by atoms with Gasteiger partial charge in [0.2, 0.25) is 5.91 Å². The number of amides is 1. The molecule has 0 saturated heterocycles. The van der Waals surface area contributed by atoms with Crippen LogP contribution in [0.5, 0.6) is 0 Å². The molecule has 1 saturated carbocycles. The first-order chi connectivity index (χ1) is 8.25. The standard InChI is InChI=1S/C14H18N2O/c1-16(12-6-7-12)14(17)13-8-10-4-2-3-5-11(10)9-15-13/h2-5,12-13,15H,6-9H2,1H3.